The topological polar surface area (TPSA) is 17.1 Å². The molecule has 0 spiro atoms. The molecule has 9 heteroatoms. The van der Waals surface area contributed by atoms with Gasteiger partial charge in [0.05, 0.1) is 25.4 Å². The highest BCUT2D eigenvalue weighted by atomic mass is 32.3. The molecule has 0 bridgehead atoms. The van der Waals surface area contributed by atoms with E-state index in [9.17, 15) is 4.79 Å². The van der Waals surface area contributed by atoms with Gasteiger partial charge in [-0.25, -0.2) is 0 Å². The standard InChI is InChI=1S/C27H18OS8/c28-9-3-4-15-7-8-18-19(14-15)21(23-35-26-27(36-23)32-13-12-31-26)17-6-2-1-5-16(17)20(18)22-33-24-25(34-22)30-11-10-29-24/h1-9,14H,10-13H2/b4-3+. The maximum Gasteiger partial charge on any atom is 0.142 e. The highest BCUT2D eigenvalue weighted by molar-refractivity contribution is 8.47. The minimum Gasteiger partial charge on any atom is -0.299 e. The lowest BCUT2D eigenvalue weighted by molar-refractivity contribution is -0.104. The largest absolute Gasteiger partial charge is 0.299 e. The van der Waals surface area contributed by atoms with Crippen molar-refractivity contribution in [2.45, 2.75) is 0 Å². The number of fused-ring (bicyclic) bond motifs is 2. The summed E-state index contributed by atoms with van der Waals surface area (Å²) in [6.07, 6.45) is 4.36. The van der Waals surface area contributed by atoms with E-state index in [1.54, 1.807) is 6.08 Å². The van der Waals surface area contributed by atoms with Gasteiger partial charge in [0.15, 0.2) is 0 Å². The van der Waals surface area contributed by atoms with E-state index >= 15 is 0 Å². The number of allylic oxidation sites excluding steroid dienone is 1. The summed E-state index contributed by atoms with van der Waals surface area (Å²) in [5, 5.41) is 7.93. The number of hydrogen-bond acceptors (Lipinski definition) is 9. The van der Waals surface area contributed by atoms with Gasteiger partial charge in [0, 0.05) is 33.4 Å². The van der Waals surface area contributed by atoms with E-state index in [1.807, 2.05) is 100 Å². The van der Waals surface area contributed by atoms with Gasteiger partial charge in [0.2, 0.25) is 0 Å². The van der Waals surface area contributed by atoms with Crippen molar-refractivity contribution < 1.29 is 4.79 Å². The molecule has 0 aliphatic carbocycles. The maximum atomic E-state index is 11.1. The fourth-order valence-corrected chi connectivity index (χ4v) is 16.7. The smallest absolute Gasteiger partial charge is 0.142 e. The average molecular weight is 615 g/mol. The fourth-order valence-electron chi connectivity index (χ4n) is 4.53. The Bertz CT molecular complexity index is 1630. The van der Waals surface area contributed by atoms with Crippen LogP contribution in [0.2, 0.25) is 0 Å². The van der Waals surface area contributed by atoms with Crippen LogP contribution in [0.3, 0.4) is 0 Å². The van der Waals surface area contributed by atoms with Crippen molar-refractivity contribution in [1.82, 2.24) is 0 Å². The third kappa shape index (κ3) is 4.45. The number of thioether (sulfide) groups is 8. The third-order valence-corrected chi connectivity index (χ3v) is 17.6. The van der Waals surface area contributed by atoms with Crippen LogP contribution >= 0.6 is 94.1 Å². The van der Waals surface area contributed by atoms with Crippen molar-refractivity contribution in [3.05, 3.63) is 81.5 Å². The normalized spacial score (nSPS) is 20.2. The molecule has 4 heterocycles. The van der Waals surface area contributed by atoms with Gasteiger partial charge in [-0.15, -0.1) is 47.0 Å². The van der Waals surface area contributed by atoms with Crippen LogP contribution in [0.1, 0.15) is 5.56 Å². The molecule has 0 saturated carbocycles. The molecule has 180 valence electrons. The van der Waals surface area contributed by atoms with Gasteiger partial charge >= 0.3 is 0 Å². The highest BCUT2D eigenvalue weighted by Gasteiger charge is 2.29. The molecule has 0 atom stereocenters. The van der Waals surface area contributed by atoms with Gasteiger partial charge in [0.1, 0.15) is 6.29 Å². The Morgan fingerprint density at radius 2 is 1.03 bits per heavy atom. The Balaban J connectivity index is 1.57. The van der Waals surface area contributed by atoms with E-state index in [1.165, 1.54) is 80.4 Å². The Morgan fingerprint density at radius 3 is 1.53 bits per heavy atom. The second kappa shape index (κ2) is 10.6. The Morgan fingerprint density at radius 1 is 0.556 bits per heavy atom. The molecule has 0 fully saturated rings. The molecule has 4 aliphatic heterocycles. The SMILES string of the molecule is O=C/C=C/c1ccc2c(=C3SC4=C(SCCS4)S3)c3ccccc3c(=C3SC4=C(SCCS4)S3)c2c1. The number of carbonyl (C=O) groups excluding carboxylic acids is 1. The number of aldehydes is 1. The van der Waals surface area contributed by atoms with Crippen molar-refractivity contribution >= 4 is 136 Å². The maximum absolute atomic E-state index is 11.1. The first-order chi connectivity index (χ1) is 17.8. The van der Waals surface area contributed by atoms with Crippen LogP contribution in [0.15, 0.2) is 65.5 Å². The Hall–Kier alpha value is -0.390. The molecular formula is C27H18OS8. The van der Waals surface area contributed by atoms with Gasteiger partial charge in [0.25, 0.3) is 0 Å². The first-order valence-corrected chi connectivity index (χ1v) is 18.6. The van der Waals surface area contributed by atoms with Crippen LogP contribution in [0.4, 0.5) is 0 Å². The van der Waals surface area contributed by atoms with Crippen LogP contribution in [0.5, 0.6) is 0 Å². The van der Waals surface area contributed by atoms with E-state index in [-0.39, 0.29) is 0 Å². The molecule has 3 aromatic rings. The van der Waals surface area contributed by atoms with Crippen LogP contribution in [0, 0.1) is 0 Å². The monoisotopic (exact) mass is 614 g/mol. The lowest BCUT2D eigenvalue weighted by Gasteiger charge is -2.12. The predicted molar refractivity (Wildman–Crippen MR) is 177 cm³/mol. The van der Waals surface area contributed by atoms with Crippen LogP contribution < -0.4 is 10.4 Å². The molecule has 36 heavy (non-hydrogen) atoms. The van der Waals surface area contributed by atoms with E-state index in [0.717, 1.165) is 11.8 Å². The first-order valence-electron chi connectivity index (χ1n) is 11.4. The van der Waals surface area contributed by atoms with Gasteiger partial charge < -0.3 is 0 Å². The lowest BCUT2D eigenvalue weighted by atomic mass is 9.97. The summed E-state index contributed by atoms with van der Waals surface area (Å²) >= 11 is 15.8. The molecule has 3 aromatic carbocycles. The number of carbonyl (C=O) groups is 1. The molecule has 0 radical (unpaired) electrons. The van der Waals surface area contributed by atoms with Gasteiger partial charge in [-0.3, -0.25) is 4.79 Å². The Kier molecular flexibility index (Phi) is 7.28. The van der Waals surface area contributed by atoms with E-state index in [4.69, 9.17) is 0 Å². The molecule has 0 aromatic heterocycles. The molecule has 4 aliphatic rings. The van der Waals surface area contributed by atoms with Crippen molar-refractivity contribution in [1.29, 1.82) is 0 Å². The van der Waals surface area contributed by atoms with Gasteiger partial charge in [-0.1, -0.05) is 89.5 Å². The average Bonchev–Trinajstić information content (AvgIpc) is 3.54. The van der Waals surface area contributed by atoms with Crippen molar-refractivity contribution in [2.24, 2.45) is 0 Å². The van der Waals surface area contributed by atoms with E-state index < -0.39 is 0 Å². The minimum absolute atomic E-state index is 0.855. The van der Waals surface area contributed by atoms with Crippen molar-refractivity contribution in [3.63, 3.8) is 0 Å². The summed E-state index contributed by atoms with van der Waals surface area (Å²) in [6, 6.07) is 15.7. The molecule has 0 amide bonds. The summed E-state index contributed by atoms with van der Waals surface area (Å²) in [5.74, 6) is 4.76. The second-order valence-corrected chi connectivity index (χ2v) is 18.2. The molecular weight excluding hydrogens is 597 g/mol. The summed E-state index contributed by atoms with van der Waals surface area (Å²) < 4.78 is 8.65. The number of rotatable bonds is 2. The van der Waals surface area contributed by atoms with E-state index in [0.29, 0.717) is 0 Å². The zero-order valence-electron chi connectivity index (χ0n) is 18.8. The lowest BCUT2D eigenvalue weighted by Crippen LogP contribution is -2.17. The second-order valence-electron chi connectivity index (χ2n) is 8.12. The highest BCUT2D eigenvalue weighted by Crippen LogP contribution is 2.61. The van der Waals surface area contributed by atoms with Gasteiger partial charge in [-0.05, 0) is 39.3 Å². The zero-order valence-corrected chi connectivity index (χ0v) is 25.3. The van der Waals surface area contributed by atoms with Crippen LogP contribution in [0.25, 0.3) is 36.1 Å². The molecule has 0 saturated heterocycles. The van der Waals surface area contributed by atoms with Crippen LogP contribution in [-0.4, -0.2) is 29.3 Å². The van der Waals surface area contributed by atoms with Crippen molar-refractivity contribution in [2.75, 3.05) is 23.0 Å². The van der Waals surface area contributed by atoms with E-state index in [2.05, 4.69) is 42.5 Å². The summed E-state index contributed by atoms with van der Waals surface area (Å²) in [6.45, 7) is 0. The fraction of sp³-hybridized carbons (Fsp3) is 0.148. The minimum atomic E-state index is 0.855. The van der Waals surface area contributed by atoms with Gasteiger partial charge in [-0.2, -0.15) is 0 Å². The first kappa shape index (κ1) is 24.6. The van der Waals surface area contributed by atoms with Crippen LogP contribution in [-0.2, 0) is 4.79 Å². The number of hydrogen-bond donors (Lipinski definition) is 0. The predicted octanol–water partition coefficient (Wildman–Crippen LogP) is 8.51. The molecule has 1 nitrogen and oxygen atoms in total. The molecule has 0 unspecified atom stereocenters. The molecule has 7 rings (SSSR count). The summed E-state index contributed by atoms with van der Waals surface area (Å²) in [5.41, 5.74) is 1.06. The zero-order chi connectivity index (χ0) is 24.1. The summed E-state index contributed by atoms with van der Waals surface area (Å²) in [4.78, 5) is 11.1. The Labute approximate surface area is 243 Å². The van der Waals surface area contributed by atoms with Crippen molar-refractivity contribution in [3.8, 4) is 0 Å². The molecule has 0 N–H and O–H groups in total. The number of benzene rings is 3. The summed E-state index contributed by atoms with van der Waals surface area (Å²) in [7, 11) is 0. The third-order valence-electron chi connectivity index (χ3n) is 6.00. The quantitative estimate of drug-likeness (QED) is 0.159.